The van der Waals surface area contributed by atoms with Crippen LogP contribution in [0.1, 0.15) is 18.9 Å². The highest BCUT2D eigenvalue weighted by Gasteiger charge is 1.94. The molecule has 1 rings (SSSR count). The maximum absolute atomic E-state index is 9.44. The Morgan fingerprint density at radius 3 is 2.94 bits per heavy atom. The normalized spacial score (nSPS) is 12.2. The Hall–Kier alpha value is -1.49. The van der Waals surface area contributed by atoms with E-state index in [0.29, 0.717) is 10.7 Å². The van der Waals surface area contributed by atoms with Crippen LogP contribution >= 0.6 is 11.8 Å². The quantitative estimate of drug-likeness (QED) is 0.479. The lowest BCUT2D eigenvalue weighted by Gasteiger charge is -1.96. The number of phenolic OH excluding ortho intramolecular Hbond substituents is 1. The van der Waals surface area contributed by atoms with Gasteiger partial charge in [0, 0.05) is 11.3 Å². The molecule has 0 atom stereocenters. The van der Waals surface area contributed by atoms with Gasteiger partial charge in [-0.1, -0.05) is 30.8 Å². The van der Waals surface area contributed by atoms with Crippen molar-refractivity contribution in [2.45, 2.75) is 13.3 Å². The van der Waals surface area contributed by atoms with E-state index < -0.39 is 0 Å². The van der Waals surface area contributed by atoms with Crippen LogP contribution in [0.25, 0.3) is 0 Å². The summed E-state index contributed by atoms with van der Waals surface area (Å²) in [6.07, 6.45) is 2.53. The van der Waals surface area contributed by atoms with Gasteiger partial charge in [-0.05, 0) is 18.6 Å². The summed E-state index contributed by atoms with van der Waals surface area (Å²) in [5, 5.41) is 17.5. The maximum Gasteiger partial charge on any atom is 0.180 e. The van der Waals surface area contributed by atoms with E-state index in [-0.39, 0.29) is 5.75 Å². The lowest BCUT2D eigenvalue weighted by molar-refractivity contribution is 0.474. The highest BCUT2D eigenvalue weighted by molar-refractivity contribution is 8.13. The van der Waals surface area contributed by atoms with Crippen LogP contribution in [-0.4, -0.2) is 22.2 Å². The Bertz CT molecular complexity index is 391. The summed E-state index contributed by atoms with van der Waals surface area (Å²) < 4.78 is 0. The molecule has 0 spiro atoms. The van der Waals surface area contributed by atoms with Crippen molar-refractivity contribution >= 4 is 23.1 Å². The molecule has 0 fully saturated rings. The van der Waals surface area contributed by atoms with Crippen molar-refractivity contribution in [3.05, 3.63) is 29.8 Å². The first-order valence-corrected chi connectivity index (χ1v) is 6.00. The van der Waals surface area contributed by atoms with Crippen LogP contribution < -0.4 is 5.73 Å². The van der Waals surface area contributed by atoms with Gasteiger partial charge < -0.3 is 10.8 Å². The van der Waals surface area contributed by atoms with Crippen molar-refractivity contribution in [2.75, 3.05) is 5.75 Å². The van der Waals surface area contributed by atoms with Gasteiger partial charge in [-0.3, -0.25) is 0 Å². The summed E-state index contributed by atoms with van der Waals surface area (Å²) in [5.74, 6) is 1.11. The van der Waals surface area contributed by atoms with Gasteiger partial charge in [0.05, 0.1) is 6.21 Å². The van der Waals surface area contributed by atoms with Crippen molar-refractivity contribution in [3.63, 3.8) is 0 Å². The number of nitrogens with zero attached hydrogens (tertiary/aromatic N) is 2. The molecule has 1 aromatic rings. The molecule has 0 saturated carbocycles. The number of benzene rings is 1. The molecular formula is C11H15N3OS. The Morgan fingerprint density at radius 2 is 2.25 bits per heavy atom. The Morgan fingerprint density at radius 1 is 1.50 bits per heavy atom. The lowest BCUT2D eigenvalue weighted by atomic mass is 10.2. The number of para-hydroxylation sites is 1. The summed E-state index contributed by atoms with van der Waals surface area (Å²) in [6.45, 7) is 2.07. The number of hydrogen-bond donors (Lipinski definition) is 2. The molecule has 16 heavy (non-hydrogen) atoms. The largest absolute Gasteiger partial charge is 0.507 e. The number of aromatic hydroxyl groups is 1. The second kappa shape index (κ2) is 6.90. The number of rotatable bonds is 4. The first-order chi connectivity index (χ1) is 7.74. The molecular weight excluding hydrogens is 222 g/mol. The third-order valence-electron chi connectivity index (χ3n) is 1.74. The Balaban J connectivity index is 2.57. The van der Waals surface area contributed by atoms with Crippen LogP contribution in [0.4, 0.5) is 0 Å². The minimum absolute atomic E-state index is 0.182. The molecule has 0 unspecified atom stereocenters. The Kier molecular flexibility index (Phi) is 5.42. The lowest BCUT2D eigenvalue weighted by Crippen LogP contribution is -2.06. The summed E-state index contributed by atoms with van der Waals surface area (Å²) >= 11 is 1.47. The minimum atomic E-state index is 0.182. The molecule has 0 aliphatic carbocycles. The zero-order valence-corrected chi connectivity index (χ0v) is 9.94. The smallest absolute Gasteiger partial charge is 0.180 e. The molecule has 1 aromatic carbocycles. The summed E-state index contributed by atoms with van der Waals surface area (Å²) in [4.78, 5) is 0. The van der Waals surface area contributed by atoms with Gasteiger partial charge in [-0.2, -0.15) is 5.10 Å². The van der Waals surface area contributed by atoms with Crippen molar-refractivity contribution < 1.29 is 5.11 Å². The first-order valence-electron chi connectivity index (χ1n) is 5.01. The highest BCUT2D eigenvalue weighted by atomic mass is 32.2. The van der Waals surface area contributed by atoms with Crippen LogP contribution in [0.5, 0.6) is 5.75 Å². The van der Waals surface area contributed by atoms with Crippen LogP contribution in [0.15, 0.2) is 34.5 Å². The molecule has 0 heterocycles. The SMILES string of the molecule is CCCS/C(N)=N\N=C/c1ccccc1O. The van der Waals surface area contributed by atoms with Gasteiger partial charge in [0.1, 0.15) is 5.75 Å². The van der Waals surface area contributed by atoms with Gasteiger partial charge in [-0.15, -0.1) is 5.10 Å². The molecule has 0 saturated heterocycles. The predicted octanol–water partition coefficient (Wildman–Crippen LogP) is 2.18. The predicted molar refractivity (Wildman–Crippen MR) is 70.1 cm³/mol. The van der Waals surface area contributed by atoms with Crippen LogP contribution in [-0.2, 0) is 0 Å². The molecule has 0 radical (unpaired) electrons. The standard InChI is InChI=1S/C11H15N3OS/c1-2-7-16-11(12)14-13-8-9-5-3-4-6-10(9)15/h3-6,8,15H,2,7H2,1H3,(H2,12,14)/b13-8-. The van der Waals surface area contributed by atoms with Gasteiger partial charge in [0.15, 0.2) is 5.17 Å². The number of phenols is 1. The van der Waals surface area contributed by atoms with E-state index in [2.05, 4.69) is 17.1 Å². The second-order valence-electron chi connectivity index (χ2n) is 3.09. The molecule has 86 valence electrons. The van der Waals surface area contributed by atoms with E-state index in [9.17, 15) is 5.11 Å². The molecule has 0 bridgehead atoms. The number of thioether (sulfide) groups is 1. The van der Waals surface area contributed by atoms with Crippen LogP contribution in [0, 0.1) is 0 Å². The molecule has 0 aromatic heterocycles. The van der Waals surface area contributed by atoms with E-state index in [0.717, 1.165) is 12.2 Å². The van der Waals surface area contributed by atoms with E-state index in [1.54, 1.807) is 18.2 Å². The fraction of sp³-hybridized carbons (Fsp3) is 0.273. The Labute approximate surface area is 99.3 Å². The monoisotopic (exact) mass is 237 g/mol. The molecule has 5 heteroatoms. The highest BCUT2D eigenvalue weighted by Crippen LogP contribution is 2.12. The second-order valence-corrected chi connectivity index (χ2v) is 4.21. The van der Waals surface area contributed by atoms with Crippen molar-refractivity contribution in [3.8, 4) is 5.75 Å². The topological polar surface area (TPSA) is 71.0 Å². The number of nitrogens with two attached hydrogens (primary N) is 1. The zero-order valence-electron chi connectivity index (χ0n) is 9.13. The van der Waals surface area contributed by atoms with Gasteiger partial charge in [-0.25, -0.2) is 0 Å². The fourth-order valence-corrected chi connectivity index (χ4v) is 1.50. The van der Waals surface area contributed by atoms with Crippen LogP contribution in [0.2, 0.25) is 0 Å². The average molecular weight is 237 g/mol. The van der Waals surface area contributed by atoms with E-state index in [1.165, 1.54) is 18.0 Å². The summed E-state index contributed by atoms with van der Waals surface area (Å²) in [5.41, 5.74) is 6.22. The first kappa shape index (κ1) is 12.6. The maximum atomic E-state index is 9.44. The molecule has 0 aliphatic rings. The summed E-state index contributed by atoms with van der Waals surface area (Å²) in [7, 11) is 0. The molecule has 0 amide bonds. The van der Waals surface area contributed by atoms with Gasteiger partial charge in [0.2, 0.25) is 0 Å². The van der Waals surface area contributed by atoms with Gasteiger partial charge >= 0.3 is 0 Å². The molecule has 4 nitrogen and oxygen atoms in total. The van der Waals surface area contributed by atoms with E-state index in [1.807, 2.05) is 6.07 Å². The van der Waals surface area contributed by atoms with Gasteiger partial charge in [0.25, 0.3) is 0 Å². The van der Waals surface area contributed by atoms with E-state index >= 15 is 0 Å². The van der Waals surface area contributed by atoms with Crippen molar-refractivity contribution in [1.82, 2.24) is 0 Å². The summed E-state index contributed by atoms with van der Waals surface area (Å²) in [6, 6.07) is 6.92. The average Bonchev–Trinajstić information content (AvgIpc) is 2.29. The third-order valence-corrected chi connectivity index (χ3v) is 2.73. The molecule has 3 N–H and O–H groups in total. The van der Waals surface area contributed by atoms with Crippen molar-refractivity contribution in [2.24, 2.45) is 15.9 Å². The van der Waals surface area contributed by atoms with E-state index in [4.69, 9.17) is 5.73 Å². The number of amidine groups is 1. The third kappa shape index (κ3) is 4.35. The minimum Gasteiger partial charge on any atom is -0.507 e. The zero-order chi connectivity index (χ0) is 11.8. The number of hydrogen-bond acceptors (Lipinski definition) is 4. The molecule has 0 aliphatic heterocycles. The van der Waals surface area contributed by atoms with Crippen LogP contribution in [0.3, 0.4) is 0 Å². The fourth-order valence-electron chi connectivity index (χ4n) is 0.980. The van der Waals surface area contributed by atoms with Crippen molar-refractivity contribution in [1.29, 1.82) is 0 Å².